The van der Waals surface area contributed by atoms with Crippen molar-refractivity contribution in [1.29, 1.82) is 0 Å². The molecule has 5 nitrogen and oxygen atoms in total. The third-order valence-electron chi connectivity index (χ3n) is 5.06. The molecule has 1 aromatic heterocycles. The van der Waals surface area contributed by atoms with Gasteiger partial charge in [-0.15, -0.1) is 0 Å². The Kier molecular flexibility index (Phi) is 5.49. The third-order valence-corrected chi connectivity index (χ3v) is 5.32. The van der Waals surface area contributed by atoms with E-state index in [1.54, 1.807) is 12.1 Å². The highest BCUT2D eigenvalue weighted by Gasteiger charge is 2.28. The molecule has 0 saturated heterocycles. The Morgan fingerprint density at radius 1 is 0.966 bits per heavy atom. The first-order valence-electron chi connectivity index (χ1n) is 9.84. The Morgan fingerprint density at radius 3 is 2.31 bits per heavy atom. The number of Topliss-reactive ketones (excluding diaryl/α,β-unsaturated/α-hetero) is 1. The molecule has 1 atom stereocenters. The van der Waals surface area contributed by atoms with Crippen LogP contribution in [0.15, 0.2) is 48.5 Å². The largest absolute Gasteiger partial charge is 0.339 e. The Balaban J connectivity index is 1.71. The first-order valence-corrected chi connectivity index (χ1v) is 10.2. The maximum Gasteiger partial charge on any atom is 0.229 e. The number of rotatable bonds is 5. The summed E-state index contributed by atoms with van der Waals surface area (Å²) >= 11 is 5.99. The van der Waals surface area contributed by atoms with Crippen LogP contribution in [-0.2, 0) is 12.8 Å². The molecule has 0 saturated carbocycles. The number of ketones is 1. The SMILES string of the molecule is CCc1ccc(Nc2nc3c(c(Nc4ccc(Cl)cc4)n2)C(=O)CC(C)C3)cc1. The van der Waals surface area contributed by atoms with Gasteiger partial charge >= 0.3 is 0 Å². The second-order valence-electron chi connectivity index (χ2n) is 7.46. The lowest BCUT2D eigenvalue weighted by molar-refractivity contribution is 0.0953. The van der Waals surface area contributed by atoms with Gasteiger partial charge in [-0.1, -0.05) is 37.6 Å². The zero-order valence-corrected chi connectivity index (χ0v) is 17.3. The number of carbonyl (C=O) groups excluding carboxylic acids is 1. The summed E-state index contributed by atoms with van der Waals surface area (Å²) in [7, 11) is 0. The molecule has 0 amide bonds. The van der Waals surface area contributed by atoms with Crippen LogP contribution in [0.5, 0.6) is 0 Å². The van der Waals surface area contributed by atoms with Crippen molar-refractivity contribution in [3.05, 3.63) is 70.4 Å². The number of hydrogen-bond donors (Lipinski definition) is 2. The number of hydrogen-bond acceptors (Lipinski definition) is 5. The minimum Gasteiger partial charge on any atom is -0.339 e. The van der Waals surface area contributed by atoms with Gasteiger partial charge in [0.2, 0.25) is 5.95 Å². The molecule has 4 rings (SSSR count). The molecule has 3 aromatic rings. The summed E-state index contributed by atoms with van der Waals surface area (Å²) in [6, 6.07) is 15.5. The number of aryl methyl sites for hydroxylation is 1. The topological polar surface area (TPSA) is 66.9 Å². The molecule has 1 heterocycles. The van der Waals surface area contributed by atoms with Crippen LogP contribution in [0, 0.1) is 5.92 Å². The average molecular weight is 407 g/mol. The monoisotopic (exact) mass is 406 g/mol. The number of nitrogens with one attached hydrogen (secondary N) is 2. The van der Waals surface area contributed by atoms with Crippen molar-refractivity contribution >= 4 is 40.5 Å². The Hall–Kier alpha value is -2.92. The van der Waals surface area contributed by atoms with Crippen molar-refractivity contribution in [2.24, 2.45) is 5.92 Å². The van der Waals surface area contributed by atoms with Gasteiger partial charge in [-0.25, -0.2) is 4.98 Å². The van der Waals surface area contributed by atoms with Crippen LogP contribution < -0.4 is 10.6 Å². The first-order chi connectivity index (χ1) is 14.0. The van der Waals surface area contributed by atoms with Crippen LogP contribution >= 0.6 is 11.6 Å². The molecule has 0 radical (unpaired) electrons. The number of halogens is 1. The fourth-order valence-electron chi connectivity index (χ4n) is 3.54. The van der Waals surface area contributed by atoms with Crippen LogP contribution in [0.25, 0.3) is 0 Å². The lowest BCUT2D eigenvalue weighted by Crippen LogP contribution is -2.22. The lowest BCUT2D eigenvalue weighted by atomic mass is 9.87. The maximum atomic E-state index is 12.7. The van der Waals surface area contributed by atoms with E-state index in [1.807, 2.05) is 24.3 Å². The molecule has 0 aliphatic heterocycles. The highest BCUT2D eigenvalue weighted by Crippen LogP contribution is 2.32. The van der Waals surface area contributed by atoms with Gasteiger partial charge in [0.15, 0.2) is 5.78 Å². The van der Waals surface area contributed by atoms with Gasteiger partial charge in [-0.05, 0) is 60.7 Å². The zero-order chi connectivity index (χ0) is 20.4. The summed E-state index contributed by atoms with van der Waals surface area (Å²) < 4.78 is 0. The van der Waals surface area contributed by atoms with E-state index in [0.29, 0.717) is 28.8 Å². The zero-order valence-electron chi connectivity index (χ0n) is 16.5. The summed E-state index contributed by atoms with van der Waals surface area (Å²) in [4.78, 5) is 22.0. The van der Waals surface area contributed by atoms with Gasteiger partial charge in [-0.2, -0.15) is 4.98 Å². The lowest BCUT2D eigenvalue weighted by Gasteiger charge is -2.23. The Labute approximate surface area is 175 Å². The molecular formula is C23H23ClN4O. The van der Waals surface area contributed by atoms with Crippen LogP contribution in [0.1, 0.15) is 41.9 Å². The van der Waals surface area contributed by atoms with Crippen molar-refractivity contribution in [1.82, 2.24) is 9.97 Å². The fourth-order valence-corrected chi connectivity index (χ4v) is 3.66. The molecule has 148 valence electrons. The summed E-state index contributed by atoms with van der Waals surface area (Å²) in [5.74, 6) is 1.35. The molecule has 1 aliphatic rings. The summed E-state index contributed by atoms with van der Waals surface area (Å²) in [6.07, 6.45) is 2.25. The predicted octanol–water partition coefficient (Wildman–Crippen LogP) is 5.94. The number of anilines is 4. The van der Waals surface area contributed by atoms with Gasteiger partial charge < -0.3 is 10.6 Å². The highest BCUT2D eigenvalue weighted by atomic mass is 35.5. The third kappa shape index (κ3) is 4.40. The molecule has 0 fully saturated rings. The smallest absolute Gasteiger partial charge is 0.229 e. The second-order valence-corrected chi connectivity index (χ2v) is 7.90. The van der Waals surface area contributed by atoms with E-state index in [2.05, 4.69) is 46.6 Å². The van der Waals surface area contributed by atoms with E-state index in [0.717, 1.165) is 29.9 Å². The van der Waals surface area contributed by atoms with E-state index in [-0.39, 0.29) is 11.7 Å². The molecule has 2 aromatic carbocycles. The number of nitrogens with zero attached hydrogens (tertiary/aromatic N) is 2. The van der Waals surface area contributed by atoms with Gasteiger partial charge in [0.1, 0.15) is 5.82 Å². The molecular weight excluding hydrogens is 384 g/mol. The molecule has 6 heteroatoms. The molecule has 0 bridgehead atoms. The van der Waals surface area contributed by atoms with Gasteiger partial charge in [-0.3, -0.25) is 4.79 Å². The maximum absolute atomic E-state index is 12.7. The quantitative estimate of drug-likeness (QED) is 0.548. The summed E-state index contributed by atoms with van der Waals surface area (Å²) in [6.45, 7) is 4.20. The van der Waals surface area contributed by atoms with Gasteiger partial charge in [0.05, 0.1) is 11.3 Å². The minimum atomic E-state index is 0.0778. The second kappa shape index (κ2) is 8.21. The standard InChI is InChI=1S/C23H23ClN4O/c1-3-15-4-8-18(9-5-15)26-23-27-19-12-14(2)13-20(29)21(19)22(28-23)25-17-10-6-16(24)7-11-17/h4-11,14H,3,12-13H2,1-2H3,(H2,25,26,27,28). The van der Waals surface area contributed by atoms with Crippen molar-refractivity contribution < 1.29 is 4.79 Å². The summed E-state index contributed by atoms with van der Waals surface area (Å²) in [5, 5.41) is 7.21. The molecule has 1 aliphatic carbocycles. The predicted molar refractivity (Wildman–Crippen MR) is 118 cm³/mol. The summed E-state index contributed by atoms with van der Waals surface area (Å²) in [5.41, 5.74) is 4.37. The Bertz CT molecular complexity index is 1030. The minimum absolute atomic E-state index is 0.0778. The van der Waals surface area contributed by atoms with Crippen LogP contribution in [0.2, 0.25) is 5.02 Å². The number of aromatic nitrogens is 2. The van der Waals surface area contributed by atoms with E-state index >= 15 is 0 Å². The van der Waals surface area contributed by atoms with E-state index < -0.39 is 0 Å². The highest BCUT2D eigenvalue weighted by molar-refractivity contribution is 6.30. The van der Waals surface area contributed by atoms with E-state index in [9.17, 15) is 4.79 Å². The normalized spacial score (nSPS) is 15.7. The van der Waals surface area contributed by atoms with Gasteiger partial charge in [0.25, 0.3) is 0 Å². The van der Waals surface area contributed by atoms with Crippen molar-refractivity contribution in [2.75, 3.05) is 10.6 Å². The van der Waals surface area contributed by atoms with Crippen molar-refractivity contribution in [3.8, 4) is 0 Å². The fraction of sp³-hybridized carbons (Fsp3) is 0.261. The van der Waals surface area contributed by atoms with E-state index in [1.165, 1.54) is 5.56 Å². The van der Waals surface area contributed by atoms with Crippen molar-refractivity contribution in [3.63, 3.8) is 0 Å². The Morgan fingerprint density at radius 2 is 1.62 bits per heavy atom. The molecule has 0 spiro atoms. The van der Waals surface area contributed by atoms with Crippen LogP contribution in [0.4, 0.5) is 23.1 Å². The molecule has 29 heavy (non-hydrogen) atoms. The van der Waals surface area contributed by atoms with Crippen LogP contribution in [0.3, 0.4) is 0 Å². The number of carbonyl (C=O) groups is 1. The van der Waals surface area contributed by atoms with Crippen molar-refractivity contribution in [2.45, 2.75) is 33.1 Å². The van der Waals surface area contributed by atoms with Gasteiger partial charge in [0, 0.05) is 22.8 Å². The molecule has 2 N–H and O–H groups in total. The van der Waals surface area contributed by atoms with Crippen LogP contribution in [-0.4, -0.2) is 15.8 Å². The number of fused-ring (bicyclic) bond motifs is 1. The first kappa shape index (κ1) is 19.4. The molecule has 1 unspecified atom stereocenters. The van der Waals surface area contributed by atoms with E-state index in [4.69, 9.17) is 11.6 Å². The average Bonchev–Trinajstić information content (AvgIpc) is 2.69. The number of benzene rings is 2.